The van der Waals surface area contributed by atoms with E-state index < -0.39 is 5.37 Å². The van der Waals surface area contributed by atoms with Crippen molar-refractivity contribution in [3.05, 3.63) is 54.0 Å². The lowest BCUT2D eigenvalue weighted by Gasteiger charge is -2.16. The van der Waals surface area contributed by atoms with E-state index in [9.17, 15) is 5.26 Å². The zero-order valence-corrected chi connectivity index (χ0v) is 10.4. The van der Waals surface area contributed by atoms with E-state index in [2.05, 4.69) is 34.3 Å². The van der Waals surface area contributed by atoms with Gasteiger partial charge in [0.2, 0.25) is 0 Å². The Labute approximate surface area is 111 Å². The molecule has 0 saturated heterocycles. The van der Waals surface area contributed by atoms with Crippen molar-refractivity contribution in [1.29, 1.82) is 5.26 Å². The minimum Gasteiger partial charge on any atom is -0.369 e. The Morgan fingerprint density at radius 1 is 1.39 bits per heavy atom. The Kier molecular flexibility index (Phi) is 4.05. The Balaban J connectivity index is 2.17. The van der Waals surface area contributed by atoms with Crippen LogP contribution in [-0.2, 0) is 0 Å². The number of nitrogens with one attached hydrogen (secondary N) is 2. The lowest BCUT2D eigenvalue weighted by Crippen LogP contribution is -2.20. The highest BCUT2D eigenvalue weighted by Crippen LogP contribution is 2.17. The minimum atomic E-state index is -0.413. The van der Waals surface area contributed by atoms with Gasteiger partial charge in [-0.05, 0) is 18.2 Å². The highest BCUT2D eigenvalue weighted by molar-refractivity contribution is 7.81. The van der Waals surface area contributed by atoms with Crippen LogP contribution in [0.5, 0.6) is 0 Å². The third-order valence-electron chi connectivity index (χ3n) is 2.33. The van der Waals surface area contributed by atoms with Gasteiger partial charge < -0.3 is 10.6 Å². The van der Waals surface area contributed by atoms with Gasteiger partial charge >= 0.3 is 0 Å². The molecule has 1 atom stereocenters. The van der Waals surface area contributed by atoms with Crippen LogP contribution in [0, 0.1) is 11.3 Å². The highest BCUT2D eigenvalue weighted by Gasteiger charge is 2.15. The molecule has 1 aliphatic heterocycles. The van der Waals surface area contributed by atoms with Gasteiger partial charge in [-0.2, -0.15) is 5.26 Å². The summed E-state index contributed by atoms with van der Waals surface area (Å²) >= 11 is 4.40. The third-order valence-corrected chi connectivity index (χ3v) is 2.72. The van der Waals surface area contributed by atoms with Gasteiger partial charge in [0.25, 0.3) is 0 Å². The first-order chi connectivity index (χ1) is 8.81. The summed E-state index contributed by atoms with van der Waals surface area (Å²) in [5.41, 5.74) is 1.35. The van der Waals surface area contributed by atoms with Crippen LogP contribution in [0.4, 0.5) is 5.69 Å². The average Bonchev–Trinajstić information content (AvgIpc) is 2.42. The molecule has 1 aromatic carbocycles. The summed E-state index contributed by atoms with van der Waals surface area (Å²) in [5.74, 6) is 0.517. The van der Waals surface area contributed by atoms with Gasteiger partial charge in [0.1, 0.15) is 22.8 Å². The Morgan fingerprint density at radius 2 is 2.17 bits per heavy atom. The number of thiol groups is 1. The molecular weight excluding hydrogens is 244 g/mol. The van der Waals surface area contributed by atoms with Crippen LogP contribution in [-0.4, -0.2) is 11.6 Å². The van der Waals surface area contributed by atoms with Gasteiger partial charge in [-0.15, -0.1) is 12.6 Å². The molecule has 90 valence electrons. The van der Waals surface area contributed by atoms with Crippen LogP contribution < -0.4 is 10.6 Å². The van der Waals surface area contributed by atoms with Crippen molar-refractivity contribution in [2.75, 3.05) is 5.32 Å². The molecule has 1 aromatic rings. The van der Waals surface area contributed by atoms with Crippen LogP contribution in [0.15, 0.2) is 59.0 Å². The summed E-state index contributed by atoms with van der Waals surface area (Å²) in [7, 11) is 0. The molecule has 18 heavy (non-hydrogen) atoms. The Morgan fingerprint density at radius 3 is 2.78 bits per heavy atom. The van der Waals surface area contributed by atoms with Crippen LogP contribution in [0.25, 0.3) is 0 Å². The maximum absolute atomic E-state index is 9.19. The molecule has 0 saturated carbocycles. The lowest BCUT2D eigenvalue weighted by atomic mass is 10.2. The molecular formula is C13H12N4S. The Bertz CT molecular complexity index is 540. The number of nitriles is 1. The van der Waals surface area contributed by atoms with Crippen LogP contribution in [0.3, 0.4) is 0 Å². The summed E-state index contributed by atoms with van der Waals surface area (Å²) in [6.07, 6.45) is 5.12. The number of aliphatic imine (C=N–C) groups is 1. The fourth-order valence-corrected chi connectivity index (χ4v) is 1.81. The largest absolute Gasteiger partial charge is 0.369 e. The number of nitrogens with zero attached hydrogens (tertiary/aromatic N) is 2. The second-order valence-corrected chi connectivity index (χ2v) is 4.09. The molecule has 1 aliphatic rings. The number of hydrogen-bond donors (Lipinski definition) is 3. The van der Waals surface area contributed by atoms with Crippen molar-refractivity contribution in [2.24, 2.45) is 4.99 Å². The van der Waals surface area contributed by atoms with Crippen molar-refractivity contribution in [3.63, 3.8) is 0 Å². The molecule has 0 bridgehead atoms. The smallest absolute Gasteiger partial charge is 0.146 e. The molecule has 4 nitrogen and oxygen atoms in total. The van der Waals surface area contributed by atoms with Crippen molar-refractivity contribution < 1.29 is 0 Å². The topological polar surface area (TPSA) is 60.2 Å². The van der Waals surface area contributed by atoms with Crippen molar-refractivity contribution in [3.8, 4) is 6.07 Å². The quantitative estimate of drug-likeness (QED) is 0.442. The molecule has 2 rings (SSSR count). The van der Waals surface area contributed by atoms with Gasteiger partial charge in [-0.3, -0.25) is 0 Å². The van der Waals surface area contributed by atoms with Crippen molar-refractivity contribution >= 4 is 24.5 Å². The normalized spacial score (nSPS) is 17.6. The first-order valence-electron chi connectivity index (χ1n) is 5.41. The van der Waals surface area contributed by atoms with Crippen LogP contribution in [0.2, 0.25) is 0 Å². The van der Waals surface area contributed by atoms with Gasteiger partial charge in [0.05, 0.1) is 0 Å². The summed E-state index contributed by atoms with van der Waals surface area (Å²) in [5, 5.41) is 14.8. The molecule has 0 amide bonds. The van der Waals surface area contributed by atoms with Gasteiger partial charge in [-0.1, -0.05) is 18.2 Å². The maximum Gasteiger partial charge on any atom is 0.146 e. The lowest BCUT2D eigenvalue weighted by molar-refractivity contribution is 0.972. The zero-order chi connectivity index (χ0) is 12.8. The molecule has 1 heterocycles. The minimum absolute atomic E-state index is 0.413. The fourth-order valence-electron chi connectivity index (χ4n) is 1.48. The van der Waals surface area contributed by atoms with E-state index in [1.54, 1.807) is 18.5 Å². The van der Waals surface area contributed by atoms with Gasteiger partial charge in [0, 0.05) is 18.1 Å². The van der Waals surface area contributed by atoms with Crippen molar-refractivity contribution in [2.45, 2.75) is 5.37 Å². The first kappa shape index (κ1) is 12.3. The second-order valence-electron chi connectivity index (χ2n) is 3.57. The number of allylic oxidation sites excluding steroid dienone is 1. The molecule has 0 radical (unpaired) electrons. The first-order valence-corrected chi connectivity index (χ1v) is 5.92. The van der Waals surface area contributed by atoms with E-state index in [4.69, 9.17) is 0 Å². The molecule has 0 fully saturated rings. The van der Waals surface area contributed by atoms with E-state index in [1.807, 2.05) is 30.3 Å². The summed E-state index contributed by atoms with van der Waals surface area (Å²) < 4.78 is 0. The number of benzene rings is 1. The van der Waals surface area contributed by atoms with E-state index in [1.165, 1.54) is 0 Å². The predicted octanol–water partition coefficient (Wildman–Crippen LogP) is 2.28. The highest BCUT2D eigenvalue weighted by atomic mass is 32.1. The standard InChI is InChI=1S/C13H12N4S/c14-9-11(12-15-7-4-8-16-12)13(18)17-10-5-2-1-3-6-10/h1-8,13,15,17-18H/b12-11+. The molecule has 1 unspecified atom stereocenters. The summed E-state index contributed by atoms with van der Waals surface area (Å²) in [6, 6.07) is 11.7. The number of para-hydroxylation sites is 1. The van der Waals surface area contributed by atoms with E-state index in [0.29, 0.717) is 11.4 Å². The summed E-state index contributed by atoms with van der Waals surface area (Å²) in [6.45, 7) is 0. The molecule has 0 aromatic heterocycles. The van der Waals surface area contributed by atoms with E-state index in [0.717, 1.165) is 5.69 Å². The number of anilines is 1. The number of rotatable bonds is 3. The van der Waals surface area contributed by atoms with Crippen molar-refractivity contribution in [1.82, 2.24) is 5.32 Å². The third kappa shape index (κ3) is 2.93. The number of hydrogen-bond acceptors (Lipinski definition) is 5. The van der Waals surface area contributed by atoms with Gasteiger partial charge in [0.15, 0.2) is 0 Å². The summed E-state index contributed by atoms with van der Waals surface area (Å²) in [4.78, 5) is 4.11. The zero-order valence-electron chi connectivity index (χ0n) is 9.54. The molecule has 0 spiro atoms. The SMILES string of the molecule is N#C/C(=C1\N=CC=CN1)C(S)Nc1ccccc1. The van der Waals surface area contributed by atoms with Crippen LogP contribution >= 0.6 is 12.6 Å². The fraction of sp³-hybridized carbons (Fsp3) is 0.0769. The predicted molar refractivity (Wildman–Crippen MR) is 76.2 cm³/mol. The average molecular weight is 256 g/mol. The molecule has 0 aliphatic carbocycles. The van der Waals surface area contributed by atoms with Crippen LogP contribution in [0.1, 0.15) is 0 Å². The van der Waals surface area contributed by atoms with Gasteiger partial charge in [-0.25, -0.2) is 4.99 Å². The van der Waals surface area contributed by atoms with E-state index >= 15 is 0 Å². The van der Waals surface area contributed by atoms with E-state index in [-0.39, 0.29) is 0 Å². The Hall–Kier alpha value is -2.19. The maximum atomic E-state index is 9.19. The monoisotopic (exact) mass is 256 g/mol. The molecule has 5 heteroatoms. The second kappa shape index (κ2) is 5.94. The molecule has 2 N–H and O–H groups in total.